The molecule has 0 atom stereocenters. The van der Waals surface area contributed by atoms with Crippen LogP contribution in [0.15, 0.2) is 12.1 Å². The molecule has 1 rings (SSSR count). The van der Waals surface area contributed by atoms with E-state index in [1.54, 1.807) is 22.6 Å². The minimum absolute atomic E-state index is 0.0103. The average molecular weight is 312 g/mol. The fraction of sp³-hybridized carbons (Fsp3) is 0.400. The molecule has 4 heteroatoms. The van der Waals surface area contributed by atoms with Crippen LogP contribution >= 0.6 is 22.6 Å². The summed E-state index contributed by atoms with van der Waals surface area (Å²) in [7, 11) is 0. The van der Waals surface area contributed by atoms with Gasteiger partial charge in [0.05, 0.1) is 3.57 Å². The second-order valence-corrected chi connectivity index (χ2v) is 4.99. The molecule has 14 heavy (non-hydrogen) atoms. The summed E-state index contributed by atoms with van der Waals surface area (Å²) in [6.07, 6.45) is 0. The molecule has 0 bridgehead atoms. The molecule has 0 aliphatic carbocycles. The number of benzene rings is 1. The lowest BCUT2D eigenvalue weighted by Crippen LogP contribution is -2.23. The molecule has 0 saturated carbocycles. The Bertz CT molecular complexity index is 321. The summed E-state index contributed by atoms with van der Waals surface area (Å²) in [6.45, 7) is 5.46. The summed E-state index contributed by atoms with van der Waals surface area (Å²) < 4.78 is 31.5. The van der Waals surface area contributed by atoms with Crippen LogP contribution in [-0.2, 0) is 0 Å². The van der Waals surface area contributed by atoms with E-state index in [-0.39, 0.29) is 9.32 Å². The molecule has 1 aromatic rings. The molecule has 78 valence electrons. The molecule has 0 spiro atoms. The van der Waals surface area contributed by atoms with Crippen molar-refractivity contribution < 1.29 is 13.5 Å². The van der Waals surface area contributed by atoms with E-state index in [1.807, 2.05) is 20.8 Å². The Morgan fingerprint density at radius 2 is 1.57 bits per heavy atom. The first kappa shape index (κ1) is 11.7. The monoisotopic (exact) mass is 312 g/mol. The quantitative estimate of drug-likeness (QED) is 0.567. The summed E-state index contributed by atoms with van der Waals surface area (Å²) in [5.74, 6) is -0.970. The van der Waals surface area contributed by atoms with Crippen LogP contribution in [0, 0.1) is 15.2 Å². The average Bonchev–Trinajstić information content (AvgIpc) is 1.96. The third-order valence-corrected chi connectivity index (χ3v) is 2.41. The largest absolute Gasteiger partial charge is 0.488 e. The zero-order chi connectivity index (χ0) is 10.9. The zero-order valence-corrected chi connectivity index (χ0v) is 10.4. The van der Waals surface area contributed by atoms with E-state index < -0.39 is 17.2 Å². The lowest BCUT2D eigenvalue weighted by Gasteiger charge is -2.21. The topological polar surface area (TPSA) is 9.23 Å². The molecule has 0 heterocycles. The van der Waals surface area contributed by atoms with Gasteiger partial charge in [0.1, 0.15) is 23.0 Å². The van der Waals surface area contributed by atoms with Gasteiger partial charge in [-0.05, 0) is 43.4 Å². The van der Waals surface area contributed by atoms with Gasteiger partial charge >= 0.3 is 0 Å². The van der Waals surface area contributed by atoms with E-state index in [1.165, 1.54) is 12.1 Å². The number of halogens is 3. The van der Waals surface area contributed by atoms with Crippen molar-refractivity contribution in [2.75, 3.05) is 0 Å². The van der Waals surface area contributed by atoms with Crippen LogP contribution in [-0.4, -0.2) is 5.60 Å². The molecule has 0 aliphatic rings. The Balaban J connectivity index is 3.02. The van der Waals surface area contributed by atoms with Gasteiger partial charge in [0.25, 0.3) is 0 Å². The minimum atomic E-state index is -0.593. The highest BCUT2D eigenvalue weighted by Crippen LogP contribution is 2.24. The van der Waals surface area contributed by atoms with Crippen molar-refractivity contribution in [1.82, 2.24) is 0 Å². The molecule has 0 amide bonds. The molecule has 1 aromatic carbocycles. The highest BCUT2D eigenvalue weighted by Gasteiger charge is 2.15. The Hall–Kier alpha value is -0.390. The van der Waals surface area contributed by atoms with Crippen molar-refractivity contribution in [3.05, 3.63) is 27.3 Å². The smallest absolute Gasteiger partial charge is 0.143 e. The number of hydrogen-bond donors (Lipinski definition) is 0. The first-order valence-electron chi connectivity index (χ1n) is 4.13. The van der Waals surface area contributed by atoms with Crippen molar-refractivity contribution >= 4 is 22.6 Å². The van der Waals surface area contributed by atoms with Gasteiger partial charge in [-0.2, -0.15) is 0 Å². The second-order valence-electron chi connectivity index (χ2n) is 3.92. The van der Waals surface area contributed by atoms with Gasteiger partial charge in [-0.3, -0.25) is 0 Å². The van der Waals surface area contributed by atoms with Crippen LogP contribution < -0.4 is 4.74 Å². The predicted molar refractivity (Wildman–Crippen MR) is 59.5 cm³/mol. The van der Waals surface area contributed by atoms with Crippen LogP contribution in [0.2, 0.25) is 0 Å². The molecule has 0 saturated heterocycles. The molecule has 1 nitrogen and oxygen atoms in total. The SMILES string of the molecule is CC(C)(C)Oc1cc(F)c(I)c(F)c1. The molecular formula is C10H11F2IO. The number of ether oxygens (including phenoxy) is 1. The lowest BCUT2D eigenvalue weighted by molar-refractivity contribution is 0.130. The van der Waals surface area contributed by atoms with E-state index in [0.717, 1.165) is 0 Å². The molecule has 0 aromatic heterocycles. The summed E-state index contributed by atoms with van der Waals surface area (Å²) in [4.78, 5) is 0. The Morgan fingerprint density at radius 1 is 1.14 bits per heavy atom. The van der Waals surface area contributed by atoms with Crippen LogP contribution in [0.1, 0.15) is 20.8 Å². The van der Waals surface area contributed by atoms with Gasteiger partial charge in [-0.1, -0.05) is 0 Å². The van der Waals surface area contributed by atoms with Crippen LogP contribution in [0.3, 0.4) is 0 Å². The van der Waals surface area contributed by atoms with Gasteiger partial charge in [0, 0.05) is 12.1 Å². The fourth-order valence-electron chi connectivity index (χ4n) is 0.945. The summed E-state index contributed by atoms with van der Waals surface area (Å²) in [5, 5.41) is 0. The maximum Gasteiger partial charge on any atom is 0.143 e. The van der Waals surface area contributed by atoms with E-state index in [2.05, 4.69) is 0 Å². The van der Waals surface area contributed by atoms with Crippen molar-refractivity contribution in [3.63, 3.8) is 0 Å². The highest BCUT2D eigenvalue weighted by atomic mass is 127. The van der Waals surface area contributed by atoms with Crippen molar-refractivity contribution in [2.45, 2.75) is 26.4 Å². The van der Waals surface area contributed by atoms with Crippen molar-refractivity contribution in [1.29, 1.82) is 0 Å². The van der Waals surface area contributed by atoms with Gasteiger partial charge < -0.3 is 4.74 Å². The predicted octanol–water partition coefficient (Wildman–Crippen LogP) is 3.75. The maximum atomic E-state index is 13.1. The number of rotatable bonds is 1. The van der Waals surface area contributed by atoms with E-state index in [9.17, 15) is 8.78 Å². The van der Waals surface area contributed by atoms with Crippen LogP contribution in [0.4, 0.5) is 8.78 Å². The molecule has 0 N–H and O–H groups in total. The molecule has 0 aliphatic heterocycles. The van der Waals surface area contributed by atoms with Gasteiger partial charge in [-0.25, -0.2) is 8.78 Å². The first-order valence-corrected chi connectivity index (χ1v) is 5.21. The zero-order valence-electron chi connectivity index (χ0n) is 8.20. The Morgan fingerprint density at radius 3 is 1.93 bits per heavy atom. The van der Waals surface area contributed by atoms with E-state index >= 15 is 0 Å². The lowest BCUT2D eigenvalue weighted by atomic mass is 10.2. The molecule has 0 radical (unpaired) electrons. The van der Waals surface area contributed by atoms with Crippen molar-refractivity contribution in [2.24, 2.45) is 0 Å². The number of hydrogen-bond acceptors (Lipinski definition) is 1. The standard InChI is InChI=1S/C10H11F2IO/c1-10(2,3)14-6-4-7(11)9(13)8(12)5-6/h4-5H,1-3H3. The third-order valence-electron chi connectivity index (χ3n) is 1.38. The minimum Gasteiger partial charge on any atom is -0.488 e. The van der Waals surface area contributed by atoms with E-state index in [4.69, 9.17) is 4.74 Å². The fourth-order valence-corrected chi connectivity index (χ4v) is 1.26. The summed E-state index contributed by atoms with van der Waals surface area (Å²) >= 11 is 1.62. The van der Waals surface area contributed by atoms with Crippen LogP contribution in [0.5, 0.6) is 5.75 Å². The Kier molecular flexibility index (Phi) is 3.34. The second kappa shape index (κ2) is 4.00. The van der Waals surface area contributed by atoms with Crippen LogP contribution in [0.25, 0.3) is 0 Å². The summed E-state index contributed by atoms with van der Waals surface area (Å²) in [6, 6.07) is 2.38. The Labute approximate surface area is 95.6 Å². The van der Waals surface area contributed by atoms with Gasteiger partial charge in [-0.15, -0.1) is 0 Å². The third kappa shape index (κ3) is 3.08. The normalized spacial score (nSPS) is 11.6. The molecule has 0 unspecified atom stereocenters. The maximum absolute atomic E-state index is 13.1. The summed E-state index contributed by atoms with van der Waals surface area (Å²) in [5.41, 5.74) is -0.453. The molecule has 0 fully saturated rings. The molecular weight excluding hydrogens is 301 g/mol. The van der Waals surface area contributed by atoms with Crippen molar-refractivity contribution in [3.8, 4) is 5.75 Å². The highest BCUT2D eigenvalue weighted by molar-refractivity contribution is 14.1. The first-order chi connectivity index (χ1) is 6.29. The van der Waals surface area contributed by atoms with E-state index in [0.29, 0.717) is 0 Å². The van der Waals surface area contributed by atoms with Gasteiger partial charge in [0.15, 0.2) is 0 Å². The van der Waals surface area contributed by atoms with Gasteiger partial charge in [0.2, 0.25) is 0 Å².